The van der Waals surface area contributed by atoms with Gasteiger partial charge in [0.2, 0.25) is 0 Å². The van der Waals surface area contributed by atoms with Gasteiger partial charge in [0.1, 0.15) is 17.9 Å². The third-order valence-electron chi connectivity index (χ3n) is 2.15. The molecule has 1 atom stereocenters. The molecule has 0 spiro atoms. The van der Waals surface area contributed by atoms with Gasteiger partial charge in [-0.05, 0) is 32.8 Å². The molecule has 1 heterocycles. The number of alkyl carbamates (subject to hydrolysis) is 1. The van der Waals surface area contributed by atoms with E-state index in [0.717, 1.165) is 12.0 Å². The van der Waals surface area contributed by atoms with E-state index < -0.39 is 17.7 Å². The van der Waals surface area contributed by atoms with Gasteiger partial charge >= 0.3 is 6.09 Å². The molecule has 5 heteroatoms. The summed E-state index contributed by atoms with van der Waals surface area (Å²) in [6.07, 6.45) is 2.76. The van der Waals surface area contributed by atoms with Gasteiger partial charge in [-0.1, -0.05) is 6.08 Å². The van der Waals surface area contributed by atoms with E-state index in [-0.39, 0.29) is 0 Å². The predicted molar refractivity (Wildman–Crippen MR) is 62.7 cm³/mol. The second-order valence-electron chi connectivity index (χ2n) is 4.88. The predicted octanol–water partition coefficient (Wildman–Crippen LogP) is 1.43. The summed E-state index contributed by atoms with van der Waals surface area (Å²) in [6, 6.07) is -0.662. The maximum atomic E-state index is 11.5. The lowest BCUT2D eigenvalue weighted by Gasteiger charge is -2.23. The molecule has 1 aliphatic rings. The van der Waals surface area contributed by atoms with Crippen LogP contribution in [0.15, 0.2) is 11.6 Å². The molecule has 0 aliphatic carbocycles. The summed E-state index contributed by atoms with van der Waals surface area (Å²) in [4.78, 5) is 22.4. The summed E-state index contributed by atoms with van der Waals surface area (Å²) in [6.45, 7) is 6.34. The van der Waals surface area contributed by atoms with Crippen molar-refractivity contribution in [1.29, 1.82) is 0 Å². The fourth-order valence-corrected chi connectivity index (χ4v) is 1.44. The first-order chi connectivity index (χ1) is 7.92. The second-order valence-corrected chi connectivity index (χ2v) is 4.88. The van der Waals surface area contributed by atoms with Crippen LogP contribution >= 0.6 is 0 Å². The molecule has 1 N–H and O–H groups in total. The van der Waals surface area contributed by atoms with E-state index in [1.807, 2.05) is 6.08 Å². The molecule has 1 amide bonds. The number of aldehydes is 1. The van der Waals surface area contributed by atoms with E-state index in [1.165, 1.54) is 0 Å². The van der Waals surface area contributed by atoms with Gasteiger partial charge in [0.25, 0.3) is 0 Å². The molecule has 17 heavy (non-hydrogen) atoms. The lowest BCUT2D eigenvalue weighted by molar-refractivity contribution is -0.109. The van der Waals surface area contributed by atoms with Crippen molar-refractivity contribution >= 4 is 12.4 Å². The number of hydrogen-bond donors (Lipinski definition) is 1. The van der Waals surface area contributed by atoms with Crippen LogP contribution in [-0.4, -0.2) is 37.2 Å². The molecule has 0 saturated carbocycles. The largest absolute Gasteiger partial charge is 0.444 e. The van der Waals surface area contributed by atoms with Crippen molar-refractivity contribution < 1.29 is 19.1 Å². The summed E-state index contributed by atoms with van der Waals surface area (Å²) in [5.74, 6) is 0. The highest BCUT2D eigenvalue weighted by Gasteiger charge is 2.22. The Hall–Kier alpha value is -1.36. The van der Waals surface area contributed by atoms with Gasteiger partial charge in [-0.2, -0.15) is 0 Å². The van der Waals surface area contributed by atoms with Crippen LogP contribution < -0.4 is 5.32 Å². The molecule has 0 radical (unpaired) electrons. The van der Waals surface area contributed by atoms with E-state index in [4.69, 9.17) is 9.47 Å². The zero-order valence-corrected chi connectivity index (χ0v) is 10.5. The maximum absolute atomic E-state index is 11.5. The van der Waals surface area contributed by atoms with Gasteiger partial charge in [0, 0.05) is 0 Å². The number of carbonyl (C=O) groups is 2. The zero-order valence-electron chi connectivity index (χ0n) is 10.5. The topological polar surface area (TPSA) is 64.6 Å². The average Bonchev–Trinajstić information content (AvgIpc) is 2.24. The van der Waals surface area contributed by atoms with Crippen LogP contribution in [0, 0.1) is 0 Å². The molecule has 0 bridgehead atoms. The lowest BCUT2D eigenvalue weighted by atomic mass is 10.1. The monoisotopic (exact) mass is 241 g/mol. The number of ether oxygens (including phenoxy) is 2. The van der Waals surface area contributed by atoms with Crippen LogP contribution in [-0.2, 0) is 14.3 Å². The van der Waals surface area contributed by atoms with Crippen LogP contribution in [0.5, 0.6) is 0 Å². The van der Waals surface area contributed by atoms with Crippen molar-refractivity contribution in [2.45, 2.75) is 38.8 Å². The standard InChI is InChI=1S/C12H19NO4/c1-12(2,3)17-11(15)13-10(7-14)9-5-4-6-16-8-9/h5,7,10H,4,6,8H2,1-3H3,(H,13,15). The SMILES string of the molecule is CC(C)(C)OC(=O)NC(C=O)C1=CCCOC1. The quantitative estimate of drug-likeness (QED) is 0.599. The Morgan fingerprint density at radius 2 is 2.29 bits per heavy atom. The van der Waals surface area contributed by atoms with Crippen LogP contribution in [0.1, 0.15) is 27.2 Å². The fourth-order valence-electron chi connectivity index (χ4n) is 1.44. The molecule has 0 aromatic carbocycles. The Bertz CT molecular complexity index is 317. The molecule has 0 aromatic heterocycles. The molecule has 5 nitrogen and oxygen atoms in total. The molecule has 0 fully saturated rings. The fraction of sp³-hybridized carbons (Fsp3) is 0.667. The zero-order chi connectivity index (χ0) is 12.9. The highest BCUT2D eigenvalue weighted by molar-refractivity contribution is 5.75. The van der Waals surface area contributed by atoms with Gasteiger partial charge in [-0.3, -0.25) is 0 Å². The summed E-state index contributed by atoms with van der Waals surface area (Å²) in [5, 5.41) is 2.52. The van der Waals surface area contributed by atoms with Gasteiger partial charge in [0.15, 0.2) is 0 Å². The maximum Gasteiger partial charge on any atom is 0.408 e. The van der Waals surface area contributed by atoms with Crippen molar-refractivity contribution in [1.82, 2.24) is 5.32 Å². The summed E-state index contributed by atoms with van der Waals surface area (Å²) >= 11 is 0. The third kappa shape index (κ3) is 4.99. The van der Waals surface area contributed by atoms with Gasteiger partial charge in [-0.15, -0.1) is 0 Å². The molecule has 1 rings (SSSR count). The highest BCUT2D eigenvalue weighted by atomic mass is 16.6. The minimum absolute atomic E-state index is 0.374. The normalized spacial score (nSPS) is 17.9. The molecular weight excluding hydrogens is 222 g/mol. The van der Waals surface area contributed by atoms with Crippen LogP contribution in [0.4, 0.5) is 4.79 Å². The number of hydrogen-bond acceptors (Lipinski definition) is 4. The van der Waals surface area contributed by atoms with Crippen molar-refractivity contribution in [3.05, 3.63) is 11.6 Å². The van der Waals surface area contributed by atoms with E-state index >= 15 is 0 Å². The third-order valence-corrected chi connectivity index (χ3v) is 2.15. The number of amides is 1. The Labute approximate surface area is 101 Å². The Morgan fingerprint density at radius 1 is 1.59 bits per heavy atom. The van der Waals surface area contributed by atoms with Gasteiger partial charge in [0.05, 0.1) is 13.2 Å². The van der Waals surface area contributed by atoms with E-state index in [0.29, 0.717) is 19.5 Å². The van der Waals surface area contributed by atoms with Crippen molar-refractivity contribution in [3.8, 4) is 0 Å². The molecule has 0 saturated heterocycles. The van der Waals surface area contributed by atoms with Crippen LogP contribution in [0.25, 0.3) is 0 Å². The molecule has 96 valence electrons. The van der Waals surface area contributed by atoms with Crippen molar-refractivity contribution in [2.24, 2.45) is 0 Å². The minimum atomic E-state index is -0.662. The van der Waals surface area contributed by atoms with Crippen LogP contribution in [0.3, 0.4) is 0 Å². The first-order valence-corrected chi connectivity index (χ1v) is 5.64. The molecule has 1 aliphatic heterocycles. The average molecular weight is 241 g/mol. The number of carbonyl (C=O) groups excluding carboxylic acids is 2. The Morgan fingerprint density at radius 3 is 2.76 bits per heavy atom. The second kappa shape index (κ2) is 5.82. The molecule has 0 aromatic rings. The lowest BCUT2D eigenvalue weighted by Crippen LogP contribution is -2.42. The van der Waals surface area contributed by atoms with Crippen molar-refractivity contribution in [2.75, 3.05) is 13.2 Å². The smallest absolute Gasteiger partial charge is 0.408 e. The Balaban J connectivity index is 2.55. The number of rotatable bonds is 3. The molecule has 1 unspecified atom stereocenters. The molecular formula is C12H19NO4. The first-order valence-electron chi connectivity index (χ1n) is 5.64. The van der Waals surface area contributed by atoms with Crippen molar-refractivity contribution in [3.63, 3.8) is 0 Å². The van der Waals surface area contributed by atoms with E-state index in [1.54, 1.807) is 20.8 Å². The highest BCUT2D eigenvalue weighted by Crippen LogP contribution is 2.11. The van der Waals surface area contributed by atoms with Gasteiger partial charge < -0.3 is 19.6 Å². The van der Waals surface area contributed by atoms with Gasteiger partial charge in [-0.25, -0.2) is 4.79 Å². The minimum Gasteiger partial charge on any atom is -0.444 e. The summed E-state index contributed by atoms with van der Waals surface area (Å²) in [5.41, 5.74) is 0.201. The Kier molecular flexibility index (Phi) is 4.69. The first kappa shape index (κ1) is 13.7. The summed E-state index contributed by atoms with van der Waals surface area (Å²) < 4.78 is 10.3. The van der Waals surface area contributed by atoms with Crippen LogP contribution in [0.2, 0.25) is 0 Å². The van der Waals surface area contributed by atoms with E-state index in [9.17, 15) is 9.59 Å². The van der Waals surface area contributed by atoms with E-state index in [2.05, 4.69) is 5.32 Å². The number of nitrogens with one attached hydrogen (secondary N) is 1. The summed E-state index contributed by atoms with van der Waals surface area (Å²) in [7, 11) is 0.